The van der Waals surface area contributed by atoms with E-state index in [1.165, 1.54) is 6.20 Å². The Labute approximate surface area is 100 Å². The fraction of sp³-hybridized carbons (Fsp3) is 0.583. The van der Waals surface area contributed by atoms with E-state index in [0.717, 1.165) is 31.4 Å². The van der Waals surface area contributed by atoms with Gasteiger partial charge in [-0.2, -0.15) is 10.4 Å². The number of rotatable bonds is 3. The topological polar surface area (TPSA) is 72.8 Å². The number of nitriles is 1. The van der Waals surface area contributed by atoms with E-state index in [-0.39, 0.29) is 18.5 Å². The van der Waals surface area contributed by atoms with E-state index in [4.69, 9.17) is 5.26 Å². The summed E-state index contributed by atoms with van der Waals surface area (Å²) in [4.78, 5) is 14.0. The summed E-state index contributed by atoms with van der Waals surface area (Å²) in [6.45, 7) is 1.98. The van der Waals surface area contributed by atoms with Crippen molar-refractivity contribution in [2.24, 2.45) is 0 Å². The number of carbonyl (C=O) groups excluding carboxylic acids is 1. The predicted molar refractivity (Wildman–Crippen MR) is 62.2 cm³/mol. The SMILES string of the molecule is Cc1[nH]ncc1C(=O)N(CC#N)C1CCCC1. The van der Waals surface area contributed by atoms with Crippen LogP contribution in [0.5, 0.6) is 0 Å². The molecule has 0 aromatic carbocycles. The number of aromatic amines is 1. The minimum absolute atomic E-state index is 0.0790. The zero-order valence-electron chi connectivity index (χ0n) is 9.94. The summed E-state index contributed by atoms with van der Waals surface area (Å²) in [7, 11) is 0. The van der Waals surface area contributed by atoms with Crippen LogP contribution >= 0.6 is 0 Å². The molecule has 1 fully saturated rings. The van der Waals surface area contributed by atoms with Crippen molar-refractivity contribution in [3.8, 4) is 6.07 Å². The summed E-state index contributed by atoms with van der Waals surface area (Å²) >= 11 is 0. The minimum atomic E-state index is -0.0790. The predicted octanol–water partition coefficient (Wildman–Crippen LogP) is 1.63. The molecule has 0 unspecified atom stereocenters. The van der Waals surface area contributed by atoms with Crippen molar-refractivity contribution in [1.29, 1.82) is 5.26 Å². The van der Waals surface area contributed by atoms with E-state index < -0.39 is 0 Å². The van der Waals surface area contributed by atoms with Gasteiger partial charge in [-0.1, -0.05) is 12.8 Å². The van der Waals surface area contributed by atoms with E-state index in [1.807, 2.05) is 6.92 Å². The fourth-order valence-electron chi connectivity index (χ4n) is 2.38. The molecule has 17 heavy (non-hydrogen) atoms. The average molecular weight is 232 g/mol. The quantitative estimate of drug-likeness (QED) is 0.805. The number of aromatic nitrogens is 2. The molecule has 0 radical (unpaired) electrons. The third-order valence-electron chi connectivity index (χ3n) is 3.33. The molecule has 5 heteroatoms. The third kappa shape index (κ3) is 2.31. The molecule has 1 aromatic rings. The van der Waals surface area contributed by atoms with Gasteiger partial charge in [0.1, 0.15) is 6.54 Å². The van der Waals surface area contributed by atoms with Crippen LogP contribution in [0.3, 0.4) is 0 Å². The molecule has 1 saturated carbocycles. The fourth-order valence-corrected chi connectivity index (χ4v) is 2.38. The minimum Gasteiger partial charge on any atom is -0.322 e. The molecule has 1 aliphatic carbocycles. The zero-order chi connectivity index (χ0) is 12.3. The van der Waals surface area contributed by atoms with Crippen molar-refractivity contribution in [1.82, 2.24) is 15.1 Å². The second kappa shape index (κ2) is 5.00. The Morgan fingerprint density at radius 3 is 2.88 bits per heavy atom. The van der Waals surface area contributed by atoms with Crippen LogP contribution in [0.4, 0.5) is 0 Å². The first-order valence-electron chi connectivity index (χ1n) is 5.92. The summed E-state index contributed by atoms with van der Waals surface area (Å²) < 4.78 is 0. The molecule has 1 aliphatic rings. The molecule has 90 valence electrons. The maximum atomic E-state index is 12.3. The monoisotopic (exact) mass is 232 g/mol. The van der Waals surface area contributed by atoms with Crippen LogP contribution in [-0.4, -0.2) is 33.6 Å². The normalized spacial score (nSPS) is 15.8. The van der Waals surface area contributed by atoms with Gasteiger partial charge in [0, 0.05) is 11.7 Å². The maximum absolute atomic E-state index is 12.3. The molecule has 0 aliphatic heterocycles. The second-order valence-corrected chi connectivity index (χ2v) is 4.44. The van der Waals surface area contributed by atoms with Crippen molar-refractivity contribution in [3.63, 3.8) is 0 Å². The van der Waals surface area contributed by atoms with Crippen LogP contribution in [0.15, 0.2) is 6.20 Å². The van der Waals surface area contributed by atoms with Crippen molar-refractivity contribution in [2.45, 2.75) is 38.6 Å². The number of hydrogen-bond acceptors (Lipinski definition) is 3. The van der Waals surface area contributed by atoms with Gasteiger partial charge in [0.15, 0.2) is 0 Å². The summed E-state index contributed by atoms with van der Waals surface area (Å²) in [6.07, 6.45) is 5.83. The molecule has 1 N–H and O–H groups in total. The van der Waals surface area contributed by atoms with Crippen LogP contribution in [0.25, 0.3) is 0 Å². The summed E-state index contributed by atoms with van der Waals surface area (Å²) in [5.41, 5.74) is 1.34. The Morgan fingerprint density at radius 2 is 2.35 bits per heavy atom. The van der Waals surface area contributed by atoms with Gasteiger partial charge in [0.2, 0.25) is 0 Å². The number of aryl methyl sites for hydroxylation is 1. The number of nitrogens with zero attached hydrogens (tertiary/aromatic N) is 3. The molecule has 0 atom stereocenters. The lowest BCUT2D eigenvalue weighted by Crippen LogP contribution is -2.39. The molecular weight excluding hydrogens is 216 g/mol. The smallest absolute Gasteiger partial charge is 0.258 e. The van der Waals surface area contributed by atoms with Crippen LogP contribution < -0.4 is 0 Å². The van der Waals surface area contributed by atoms with E-state index in [0.29, 0.717) is 5.56 Å². The molecule has 2 rings (SSSR count). The van der Waals surface area contributed by atoms with Gasteiger partial charge in [0.25, 0.3) is 5.91 Å². The summed E-state index contributed by atoms with van der Waals surface area (Å²) in [6, 6.07) is 2.30. The highest BCUT2D eigenvalue weighted by Gasteiger charge is 2.28. The first-order chi connectivity index (χ1) is 8.24. The van der Waals surface area contributed by atoms with Gasteiger partial charge < -0.3 is 4.90 Å². The Balaban J connectivity index is 2.19. The van der Waals surface area contributed by atoms with Crippen LogP contribution in [0.2, 0.25) is 0 Å². The van der Waals surface area contributed by atoms with Gasteiger partial charge in [-0.25, -0.2) is 0 Å². The highest BCUT2D eigenvalue weighted by molar-refractivity contribution is 5.95. The largest absolute Gasteiger partial charge is 0.322 e. The zero-order valence-corrected chi connectivity index (χ0v) is 9.94. The molecule has 1 aromatic heterocycles. The highest BCUT2D eigenvalue weighted by atomic mass is 16.2. The highest BCUT2D eigenvalue weighted by Crippen LogP contribution is 2.24. The molecule has 1 heterocycles. The van der Waals surface area contributed by atoms with Crippen LogP contribution in [0.1, 0.15) is 41.7 Å². The first-order valence-corrected chi connectivity index (χ1v) is 5.92. The Bertz CT molecular complexity index is 440. The third-order valence-corrected chi connectivity index (χ3v) is 3.33. The van der Waals surface area contributed by atoms with E-state index >= 15 is 0 Å². The lowest BCUT2D eigenvalue weighted by Gasteiger charge is -2.26. The summed E-state index contributed by atoms with van der Waals surface area (Å²) in [5.74, 6) is -0.0790. The van der Waals surface area contributed by atoms with Crippen LogP contribution in [0, 0.1) is 18.3 Å². The maximum Gasteiger partial charge on any atom is 0.258 e. The van der Waals surface area contributed by atoms with Crippen molar-refractivity contribution in [2.75, 3.05) is 6.54 Å². The average Bonchev–Trinajstić information content (AvgIpc) is 2.95. The molecule has 5 nitrogen and oxygen atoms in total. The van der Waals surface area contributed by atoms with Gasteiger partial charge in [-0.05, 0) is 19.8 Å². The lowest BCUT2D eigenvalue weighted by molar-refractivity contribution is 0.0709. The van der Waals surface area contributed by atoms with Crippen LogP contribution in [-0.2, 0) is 0 Å². The van der Waals surface area contributed by atoms with Crippen molar-refractivity contribution in [3.05, 3.63) is 17.5 Å². The summed E-state index contributed by atoms with van der Waals surface area (Å²) in [5, 5.41) is 15.5. The molecule has 0 bridgehead atoms. The van der Waals surface area contributed by atoms with E-state index in [2.05, 4.69) is 16.3 Å². The lowest BCUT2D eigenvalue weighted by atomic mass is 10.1. The Morgan fingerprint density at radius 1 is 1.65 bits per heavy atom. The van der Waals surface area contributed by atoms with Gasteiger partial charge in [0.05, 0.1) is 17.8 Å². The van der Waals surface area contributed by atoms with E-state index in [9.17, 15) is 4.79 Å². The van der Waals surface area contributed by atoms with Crippen molar-refractivity contribution < 1.29 is 4.79 Å². The Hall–Kier alpha value is -1.83. The number of carbonyl (C=O) groups is 1. The molecular formula is C12H16N4O. The first kappa shape index (κ1) is 11.6. The Kier molecular flexibility index (Phi) is 3.43. The number of hydrogen-bond donors (Lipinski definition) is 1. The van der Waals surface area contributed by atoms with Gasteiger partial charge >= 0.3 is 0 Å². The number of amides is 1. The molecule has 0 spiro atoms. The van der Waals surface area contributed by atoms with Gasteiger partial charge in [-0.3, -0.25) is 9.89 Å². The number of nitrogens with one attached hydrogen (secondary N) is 1. The molecule has 0 saturated heterocycles. The van der Waals surface area contributed by atoms with Crippen molar-refractivity contribution >= 4 is 5.91 Å². The second-order valence-electron chi connectivity index (χ2n) is 4.44. The van der Waals surface area contributed by atoms with E-state index in [1.54, 1.807) is 4.90 Å². The molecule has 1 amide bonds. The van der Waals surface area contributed by atoms with Gasteiger partial charge in [-0.15, -0.1) is 0 Å². The number of H-pyrrole nitrogens is 1. The standard InChI is InChI=1S/C12H16N4O/c1-9-11(8-14-15-9)12(17)16(7-6-13)10-4-2-3-5-10/h8,10H,2-5,7H2,1H3,(H,14,15).